The number of nitrogens with zero attached hydrogens (tertiary/aromatic N) is 1. The molecule has 160 valence electrons. The van der Waals surface area contributed by atoms with Crippen molar-refractivity contribution in [2.24, 2.45) is 10.9 Å². The zero-order valence-corrected chi connectivity index (χ0v) is 18.3. The van der Waals surface area contributed by atoms with E-state index in [2.05, 4.69) is 15.6 Å². The fourth-order valence-electron chi connectivity index (χ4n) is 3.54. The SMILES string of the molecule is O=C(Nc1ccccc1)C1CC(/C=N/c2ccccc2)=C(Cl)C(=C/Nc2ccccc2)/C1. The molecule has 0 bridgehead atoms. The van der Waals surface area contributed by atoms with Crippen LogP contribution in [0.1, 0.15) is 12.8 Å². The van der Waals surface area contributed by atoms with Crippen molar-refractivity contribution in [3.63, 3.8) is 0 Å². The van der Waals surface area contributed by atoms with Gasteiger partial charge in [0, 0.05) is 34.7 Å². The lowest BCUT2D eigenvalue weighted by atomic mass is 9.85. The first kappa shape index (κ1) is 21.6. The van der Waals surface area contributed by atoms with Crippen molar-refractivity contribution in [3.05, 3.63) is 113 Å². The summed E-state index contributed by atoms with van der Waals surface area (Å²) in [4.78, 5) is 17.6. The smallest absolute Gasteiger partial charge is 0.228 e. The van der Waals surface area contributed by atoms with Gasteiger partial charge in [-0.3, -0.25) is 9.79 Å². The van der Waals surface area contributed by atoms with E-state index in [1.165, 1.54) is 0 Å². The predicted molar refractivity (Wildman–Crippen MR) is 133 cm³/mol. The molecule has 4 nitrogen and oxygen atoms in total. The largest absolute Gasteiger partial charge is 0.361 e. The molecule has 0 spiro atoms. The van der Waals surface area contributed by atoms with Gasteiger partial charge in [-0.1, -0.05) is 66.2 Å². The van der Waals surface area contributed by atoms with Gasteiger partial charge in [-0.25, -0.2) is 0 Å². The maximum absolute atomic E-state index is 13.0. The highest BCUT2D eigenvalue weighted by Gasteiger charge is 2.28. The number of aliphatic imine (C=N–C) groups is 1. The van der Waals surface area contributed by atoms with Crippen molar-refractivity contribution >= 4 is 40.8 Å². The third-order valence-electron chi connectivity index (χ3n) is 5.22. The number of anilines is 2. The van der Waals surface area contributed by atoms with Gasteiger partial charge in [0.2, 0.25) is 5.91 Å². The molecule has 32 heavy (non-hydrogen) atoms. The van der Waals surface area contributed by atoms with Gasteiger partial charge in [-0.15, -0.1) is 0 Å². The van der Waals surface area contributed by atoms with E-state index in [1.54, 1.807) is 6.21 Å². The van der Waals surface area contributed by atoms with Crippen LogP contribution in [-0.4, -0.2) is 12.1 Å². The van der Waals surface area contributed by atoms with Crippen LogP contribution in [0.2, 0.25) is 0 Å². The summed E-state index contributed by atoms with van der Waals surface area (Å²) < 4.78 is 0. The quantitative estimate of drug-likeness (QED) is 0.407. The zero-order chi connectivity index (χ0) is 22.2. The van der Waals surface area contributed by atoms with Crippen LogP contribution in [0.5, 0.6) is 0 Å². The summed E-state index contributed by atoms with van der Waals surface area (Å²) in [5.74, 6) is -0.282. The van der Waals surface area contributed by atoms with Gasteiger partial charge in [0.15, 0.2) is 0 Å². The number of nitrogens with one attached hydrogen (secondary N) is 2. The van der Waals surface area contributed by atoms with E-state index in [9.17, 15) is 4.79 Å². The number of carbonyl (C=O) groups excluding carboxylic acids is 1. The third kappa shape index (κ3) is 5.74. The van der Waals surface area contributed by atoms with Crippen molar-refractivity contribution in [1.29, 1.82) is 0 Å². The summed E-state index contributed by atoms with van der Waals surface area (Å²) in [5.41, 5.74) is 4.30. The Hall–Kier alpha value is -3.63. The van der Waals surface area contributed by atoms with Crippen LogP contribution in [0.3, 0.4) is 0 Å². The molecule has 3 aromatic carbocycles. The van der Waals surface area contributed by atoms with E-state index in [4.69, 9.17) is 11.6 Å². The third-order valence-corrected chi connectivity index (χ3v) is 5.71. The minimum absolute atomic E-state index is 0.0309. The van der Waals surface area contributed by atoms with Crippen LogP contribution in [0, 0.1) is 5.92 Å². The molecule has 1 atom stereocenters. The molecule has 4 rings (SSSR count). The molecule has 0 heterocycles. The van der Waals surface area contributed by atoms with Gasteiger partial charge in [0.1, 0.15) is 0 Å². The van der Waals surface area contributed by atoms with E-state index in [-0.39, 0.29) is 11.8 Å². The second-order valence-electron chi connectivity index (χ2n) is 7.57. The van der Waals surface area contributed by atoms with Gasteiger partial charge in [-0.05, 0) is 60.4 Å². The summed E-state index contributed by atoms with van der Waals surface area (Å²) in [6, 6.07) is 29.0. The highest BCUT2D eigenvalue weighted by Crippen LogP contribution is 2.36. The number of halogens is 1. The van der Waals surface area contributed by atoms with Gasteiger partial charge in [-0.2, -0.15) is 0 Å². The van der Waals surface area contributed by atoms with Crippen LogP contribution in [-0.2, 0) is 4.79 Å². The fourth-order valence-corrected chi connectivity index (χ4v) is 3.80. The van der Waals surface area contributed by atoms with Crippen LogP contribution < -0.4 is 10.6 Å². The average Bonchev–Trinajstić information content (AvgIpc) is 2.84. The Balaban J connectivity index is 1.59. The molecule has 0 aliphatic heterocycles. The van der Waals surface area contributed by atoms with Crippen LogP contribution in [0.25, 0.3) is 0 Å². The van der Waals surface area contributed by atoms with Crippen molar-refractivity contribution in [3.8, 4) is 0 Å². The number of hydrogen-bond acceptors (Lipinski definition) is 3. The molecule has 3 aromatic rings. The summed E-state index contributed by atoms with van der Waals surface area (Å²) in [7, 11) is 0. The minimum atomic E-state index is -0.251. The fraction of sp³-hybridized carbons (Fsp3) is 0.111. The molecule has 2 N–H and O–H groups in total. The Labute approximate surface area is 193 Å². The van der Waals surface area contributed by atoms with E-state index in [0.29, 0.717) is 17.9 Å². The molecular formula is C27H24ClN3O. The lowest BCUT2D eigenvalue weighted by Crippen LogP contribution is -2.27. The molecule has 0 saturated heterocycles. The van der Waals surface area contributed by atoms with Crippen molar-refractivity contribution < 1.29 is 4.79 Å². The van der Waals surface area contributed by atoms with Gasteiger partial charge < -0.3 is 10.6 Å². The first-order valence-corrected chi connectivity index (χ1v) is 10.9. The number of para-hydroxylation sites is 3. The Morgan fingerprint density at radius 3 is 2.09 bits per heavy atom. The normalized spacial score (nSPS) is 17.5. The van der Waals surface area contributed by atoms with Gasteiger partial charge in [0.05, 0.1) is 5.69 Å². The lowest BCUT2D eigenvalue weighted by Gasteiger charge is -2.25. The Morgan fingerprint density at radius 1 is 0.844 bits per heavy atom. The molecule has 0 fully saturated rings. The van der Waals surface area contributed by atoms with E-state index >= 15 is 0 Å². The van der Waals surface area contributed by atoms with Crippen molar-refractivity contribution in [2.75, 3.05) is 10.6 Å². The molecule has 1 aliphatic carbocycles. The number of allylic oxidation sites excluding steroid dienone is 3. The Morgan fingerprint density at radius 2 is 1.44 bits per heavy atom. The Kier molecular flexibility index (Phi) is 7.15. The summed E-state index contributed by atoms with van der Waals surface area (Å²) in [6.45, 7) is 0. The average molecular weight is 442 g/mol. The minimum Gasteiger partial charge on any atom is -0.361 e. The molecule has 0 aromatic heterocycles. The maximum Gasteiger partial charge on any atom is 0.228 e. The van der Waals surface area contributed by atoms with E-state index in [1.807, 2.05) is 97.2 Å². The van der Waals surface area contributed by atoms with Crippen molar-refractivity contribution in [1.82, 2.24) is 0 Å². The van der Waals surface area contributed by atoms with Crippen LogP contribution in [0.15, 0.2) is 118 Å². The predicted octanol–water partition coefficient (Wildman–Crippen LogP) is 6.93. The van der Waals surface area contributed by atoms with Crippen LogP contribution >= 0.6 is 11.6 Å². The molecule has 1 aliphatic rings. The molecule has 1 amide bonds. The second-order valence-corrected chi connectivity index (χ2v) is 7.95. The summed E-state index contributed by atoms with van der Waals surface area (Å²) in [5, 5.41) is 6.95. The number of hydrogen-bond donors (Lipinski definition) is 2. The van der Waals surface area contributed by atoms with E-state index in [0.717, 1.165) is 28.2 Å². The molecule has 5 heteroatoms. The maximum atomic E-state index is 13.0. The standard InChI is InChI=1S/C27H24ClN3O/c28-26-21(18-29-23-10-4-1-5-11-23)16-20(27(32)31-25-14-8-3-9-15-25)17-22(26)19-30-24-12-6-2-7-13-24/h1-15,18-20,29H,16-17H2,(H,31,32)/b21-18+,30-19+. The second kappa shape index (κ2) is 10.6. The summed E-state index contributed by atoms with van der Waals surface area (Å²) in [6.07, 6.45) is 4.72. The highest BCUT2D eigenvalue weighted by molar-refractivity contribution is 6.34. The lowest BCUT2D eigenvalue weighted by molar-refractivity contribution is -0.119. The number of benzene rings is 3. The van der Waals surface area contributed by atoms with Crippen LogP contribution in [0.4, 0.5) is 17.1 Å². The highest BCUT2D eigenvalue weighted by atomic mass is 35.5. The number of amides is 1. The number of rotatable bonds is 6. The first-order chi connectivity index (χ1) is 15.7. The first-order valence-electron chi connectivity index (χ1n) is 10.5. The monoisotopic (exact) mass is 441 g/mol. The zero-order valence-electron chi connectivity index (χ0n) is 17.5. The molecule has 0 radical (unpaired) electrons. The molecular weight excluding hydrogens is 418 g/mol. The summed E-state index contributed by atoms with van der Waals surface area (Å²) >= 11 is 6.76. The van der Waals surface area contributed by atoms with Crippen molar-refractivity contribution in [2.45, 2.75) is 12.8 Å². The molecule has 0 saturated carbocycles. The Bertz CT molecular complexity index is 1140. The number of carbonyl (C=O) groups is 1. The van der Waals surface area contributed by atoms with Gasteiger partial charge in [0.25, 0.3) is 0 Å². The topological polar surface area (TPSA) is 53.5 Å². The van der Waals surface area contributed by atoms with Gasteiger partial charge >= 0.3 is 0 Å². The molecule has 1 unspecified atom stereocenters. The van der Waals surface area contributed by atoms with E-state index < -0.39 is 0 Å².